The van der Waals surface area contributed by atoms with Gasteiger partial charge in [-0.2, -0.15) is 0 Å². The Morgan fingerprint density at radius 1 is 0.870 bits per heavy atom. The highest BCUT2D eigenvalue weighted by atomic mass is 16.5. The van der Waals surface area contributed by atoms with Crippen LogP contribution in [0, 0.1) is 0 Å². The minimum absolute atomic E-state index is 0.413. The summed E-state index contributed by atoms with van der Waals surface area (Å²) < 4.78 is 6.24. The van der Waals surface area contributed by atoms with Crippen LogP contribution in [0.5, 0.6) is 5.75 Å². The molecule has 0 bridgehead atoms. The number of likely N-dealkylation sites (tertiary alicyclic amines) is 1. The molecule has 1 saturated carbocycles. The molecule has 4 rings (SSSR count). The van der Waals surface area contributed by atoms with Crippen LogP contribution >= 0.6 is 0 Å². The van der Waals surface area contributed by atoms with Crippen LogP contribution in [-0.2, 0) is 0 Å². The van der Waals surface area contributed by atoms with Crippen LogP contribution in [0.2, 0.25) is 0 Å². The maximum atomic E-state index is 6.24. The van der Waals surface area contributed by atoms with Crippen LogP contribution in [0.3, 0.4) is 0 Å². The molecule has 1 aliphatic carbocycles. The number of rotatable bonds is 4. The first-order valence-corrected chi connectivity index (χ1v) is 9.60. The van der Waals surface area contributed by atoms with Crippen LogP contribution in [0.25, 0.3) is 0 Å². The van der Waals surface area contributed by atoms with E-state index in [1.54, 1.807) is 0 Å². The van der Waals surface area contributed by atoms with Gasteiger partial charge in [-0.15, -0.1) is 0 Å². The molecule has 23 heavy (non-hydrogen) atoms. The summed E-state index contributed by atoms with van der Waals surface area (Å²) in [7, 11) is 0. The fourth-order valence-corrected chi connectivity index (χ4v) is 4.28. The largest absolute Gasteiger partial charge is 0.490 e. The second kappa shape index (κ2) is 7.23. The second-order valence-electron chi connectivity index (χ2n) is 7.53. The predicted molar refractivity (Wildman–Crippen MR) is 94.1 cm³/mol. The maximum absolute atomic E-state index is 6.24. The Bertz CT molecular complexity index is 483. The first-order valence-electron chi connectivity index (χ1n) is 9.60. The van der Waals surface area contributed by atoms with E-state index in [9.17, 15) is 0 Å². The van der Waals surface area contributed by atoms with Crippen molar-refractivity contribution in [2.24, 2.45) is 0 Å². The smallest absolute Gasteiger partial charge is 0.119 e. The third kappa shape index (κ3) is 3.72. The van der Waals surface area contributed by atoms with Crippen molar-refractivity contribution in [3.8, 4) is 5.75 Å². The molecule has 3 fully saturated rings. The molecule has 126 valence electrons. The summed E-state index contributed by atoms with van der Waals surface area (Å²) in [4.78, 5) is 2.68. The zero-order valence-electron chi connectivity index (χ0n) is 14.2. The molecule has 0 aromatic heterocycles. The van der Waals surface area contributed by atoms with Crippen molar-refractivity contribution < 1.29 is 4.74 Å². The highest BCUT2D eigenvalue weighted by molar-refractivity contribution is 5.30. The normalized spacial score (nSPS) is 25.2. The van der Waals surface area contributed by atoms with E-state index in [2.05, 4.69) is 34.5 Å². The predicted octanol–water partition coefficient (Wildman–Crippen LogP) is 3.55. The molecule has 3 aliphatic rings. The SMILES string of the molecule is c1cc(C2CCNCC2)ccc1OC1CCN(C2CCC2)CC1. The maximum Gasteiger partial charge on any atom is 0.119 e. The van der Waals surface area contributed by atoms with E-state index in [-0.39, 0.29) is 0 Å². The van der Waals surface area contributed by atoms with E-state index in [4.69, 9.17) is 4.74 Å². The molecule has 2 heterocycles. The molecule has 2 saturated heterocycles. The van der Waals surface area contributed by atoms with Gasteiger partial charge in [0.1, 0.15) is 11.9 Å². The monoisotopic (exact) mass is 314 g/mol. The number of benzene rings is 1. The van der Waals surface area contributed by atoms with Gasteiger partial charge >= 0.3 is 0 Å². The zero-order valence-corrected chi connectivity index (χ0v) is 14.2. The molecule has 0 radical (unpaired) electrons. The molecule has 3 heteroatoms. The van der Waals surface area contributed by atoms with Crippen molar-refractivity contribution in [2.45, 2.75) is 63.0 Å². The summed E-state index contributed by atoms with van der Waals surface area (Å²) in [5.41, 5.74) is 1.48. The highest BCUT2D eigenvalue weighted by Crippen LogP contribution is 2.30. The Labute approximate surface area is 140 Å². The zero-order chi connectivity index (χ0) is 15.5. The van der Waals surface area contributed by atoms with Crippen LogP contribution < -0.4 is 10.1 Å². The molecule has 0 spiro atoms. The summed E-state index contributed by atoms with van der Waals surface area (Å²) in [5.74, 6) is 1.79. The molecular weight excluding hydrogens is 284 g/mol. The summed E-state index contributed by atoms with van der Waals surface area (Å²) in [5, 5.41) is 3.44. The third-order valence-electron chi connectivity index (χ3n) is 6.06. The number of ether oxygens (including phenoxy) is 1. The van der Waals surface area contributed by atoms with Gasteiger partial charge in [0.25, 0.3) is 0 Å². The molecule has 3 nitrogen and oxygen atoms in total. The molecule has 0 amide bonds. The molecule has 0 unspecified atom stereocenters. The number of hydrogen-bond acceptors (Lipinski definition) is 3. The Morgan fingerprint density at radius 3 is 2.17 bits per heavy atom. The van der Waals surface area contributed by atoms with Gasteiger partial charge in [0, 0.05) is 19.1 Å². The van der Waals surface area contributed by atoms with E-state index >= 15 is 0 Å². The standard InChI is InChI=1S/C20H30N2O/c1-2-18(3-1)22-14-10-20(11-15-22)23-19-6-4-16(5-7-19)17-8-12-21-13-9-17/h4-7,17-18,20-21H,1-3,8-15H2. The first-order chi connectivity index (χ1) is 11.4. The Kier molecular flexibility index (Phi) is 4.86. The summed E-state index contributed by atoms with van der Waals surface area (Å²) in [6, 6.07) is 9.84. The van der Waals surface area contributed by atoms with Crippen molar-refractivity contribution >= 4 is 0 Å². The van der Waals surface area contributed by atoms with Crippen molar-refractivity contribution in [1.29, 1.82) is 0 Å². The third-order valence-corrected chi connectivity index (χ3v) is 6.06. The second-order valence-corrected chi connectivity index (χ2v) is 7.53. The minimum Gasteiger partial charge on any atom is -0.490 e. The van der Waals surface area contributed by atoms with Gasteiger partial charge in [0.2, 0.25) is 0 Å². The first kappa shape index (κ1) is 15.5. The van der Waals surface area contributed by atoms with Gasteiger partial charge in [-0.25, -0.2) is 0 Å². The summed E-state index contributed by atoms with van der Waals surface area (Å²) in [6.45, 7) is 4.76. The Hall–Kier alpha value is -1.06. The highest BCUT2D eigenvalue weighted by Gasteiger charge is 2.29. The molecular formula is C20H30N2O. The van der Waals surface area contributed by atoms with Crippen molar-refractivity contribution in [1.82, 2.24) is 10.2 Å². The average molecular weight is 314 g/mol. The van der Waals surface area contributed by atoms with E-state index in [0.717, 1.165) is 30.8 Å². The number of nitrogens with zero attached hydrogens (tertiary/aromatic N) is 1. The van der Waals surface area contributed by atoms with Crippen LogP contribution in [0.15, 0.2) is 24.3 Å². The van der Waals surface area contributed by atoms with Crippen LogP contribution in [0.4, 0.5) is 0 Å². The van der Waals surface area contributed by atoms with Gasteiger partial charge in [0.05, 0.1) is 0 Å². The van der Waals surface area contributed by atoms with Gasteiger partial charge < -0.3 is 15.0 Å². The minimum atomic E-state index is 0.413. The molecule has 1 aromatic carbocycles. The topological polar surface area (TPSA) is 24.5 Å². The lowest BCUT2D eigenvalue weighted by Gasteiger charge is -2.41. The van der Waals surface area contributed by atoms with E-state index in [1.807, 2.05) is 0 Å². The summed E-state index contributed by atoms with van der Waals surface area (Å²) in [6.07, 6.45) is 9.59. The van der Waals surface area contributed by atoms with Gasteiger partial charge in [0.15, 0.2) is 0 Å². The number of hydrogen-bond donors (Lipinski definition) is 1. The number of nitrogens with one attached hydrogen (secondary N) is 1. The molecule has 1 N–H and O–H groups in total. The Morgan fingerprint density at radius 2 is 1.57 bits per heavy atom. The average Bonchev–Trinajstić information content (AvgIpc) is 2.57. The quantitative estimate of drug-likeness (QED) is 0.920. The van der Waals surface area contributed by atoms with E-state index < -0.39 is 0 Å². The van der Waals surface area contributed by atoms with Crippen LogP contribution in [-0.4, -0.2) is 43.2 Å². The lowest BCUT2D eigenvalue weighted by molar-refractivity contribution is 0.0493. The van der Waals surface area contributed by atoms with Crippen molar-refractivity contribution in [2.75, 3.05) is 26.2 Å². The summed E-state index contributed by atoms with van der Waals surface area (Å²) >= 11 is 0. The fraction of sp³-hybridized carbons (Fsp3) is 0.700. The number of piperidine rings is 2. The molecule has 2 aliphatic heterocycles. The van der Waals surface area contributed by atoms with Crippen molar-refractivity contribution in [3.05, 3.63) is 29.8 Å². The molecule has 0 atom stereocenters. The lowest BCUT2D eigenvalue weighted by atomic mass is 9.89. The lowest BCUT2D eigenvalue weighted by Crippen LogP contribution is -2.46. The van der Waals surface area contributed by atoms with Gasteiger partial charge in [-0.05, 0) is 75.2 Å². The van der Waals surface area contributed by atoms with Crippen LogP contribution in [0.1, 0.15) is 56.4 Å². The Balaban J connectivity index is 1.27. The van der Waals surface area contributed by atoms with Crippen molar-refractivity contribution in [3.63, 3.8) is 0 Å². The molecule has 1 aromatic rings. The van der Waals surface area contributed by atoms with E-state index in [0.29, 0.717) is 6.10 Å². The van der Waals surface area contributed by atoms with Gasteiger partial charge in [-0.1, -0.05) is 18.6 Å². The van der Waals surface area contributed by atoms with E-state index in [1.165, 1.54) is 63.6 Å². The van der Waals surface area contributed by atoms with Gasteiger partial charge in [-0.3, -0.25) is 0 Å². The fourth-order valence-electron chi connectivity index (χ4n) is 4.28.